The van der Waals surface area contributed by atoms with E-state index in [0.717, 1.165) is 30.8 Å². The van der Waals surface area contributed by atoms with Crippen molar-refractivity contribution in [2.24, 2.45) is 0 Å². The summed E-state index contributed by atoms with van der Waals surface area (Å²) in [6.45, 7) is 1.06. The molecule has 0 saturated carbocycles. The number of halogens is 1. The molecule has 1 heterocycles. The summed E-state index contributed by atoms with van der Waals surface area (Å²) in [6.07, 6.45) is 3.37. The maximum Gasteiger partial charge on any atom is 0.0408 e. The quantitative estimate of drug-likeness (QED) is 0.899. The van der Waals surface area contributed by atoms with Crippen LogP contribution in [0.1, 0.15) is 16.7 Å². The van der Waals surface area contributed by atoms with Crippen molar-refractivity contribution in [3.63, 3.8) is 0 Å². The van der Waals surface area contributed by atoms with Gasteiger partial charge < -0.3 is 5.32 Å². The fraction of sp³-hybridized carbons (Fsp3) is 0.333. The zero-order chi connectivity index (χ0) is 12.4. The van der Waals surface area contributed by atoms with Gasteiger partial charge in [0.05, 0.1) is 0 Å². The standard InChI is InChI=1S/C15H16ClNS/c16-14-2-1-12-8-15(9-13(12)7-14)17-5-3-11-4-6-18-10-11/h1-2,4,6-7,10,15,17H,3,5,8-9H2. The Balaban J connectivity index is 1.52. The van der Waals surface area contributed by atoms with Gasteiger partial charge in [0.15, 0.2) is 0 Å². The van der Waals surface area contributed by atoms with Crippen molar-refractivity contribution in [2.45, 2.75) is 25.3 Å². The number of benzene rings is 1. The van der Waals surface area contributed by atoms with E-state index in [2.05, 4.69) is 34.3 Å². The average molecular weight is 278 g/mol. The monoisotopic (exact) mass is 277 g/mol. The Morgan fingerprint density at radius 2 is 2.11 bits per heavy atom. The summed E-state index contributed by atoms with van der Waals surface area (Å²) in [6, 6.07) is 9.05. The Morgan fingerprint density at radius 1 is 1.22 bits per heavy atom. The zero-order valence-electron chi connectivity index (χ0n) is 10.2. The molecule has 0 radical (unpaired) electrons. The molecule has 1 atom stereocenters. The topological polar surface area (TPSA) is 12.0 Å². The molecule has 1 aliphatic rings. The van der Waals surface area contributed by atoms with Gasteiger partial charge in [-0.1, -0.05) is 17.7 Å². The fourth-order valence-electron chi connectivity index (χ4n) is 2.59. The van der Waals surface area contributed by atoms with E-state index in [1.165, 1.54) is 16.7 Å². The minimum atomic E-state index is 0.581. The highest BCUT2D eigenvalue weighted by Gasteiger charge is 2.20. The number of thiophene rings is 1. The summed E-state index contributed by atoms with van der Waals surface area (Å²) in [5, 5.41) is 8.87. The van der Waals surface area contributed by atoms with E-state index in [-0.39, 0.29) is 0 Å². The van der Waals surface area contributed by atoms with Crippen molar-refractivity contribution >= 4 is 22.9 Å². The van der Waals surface area contributed by atoms with E-state index in [0.29, 0.717) is 6.04 Å². The van der Waals surface area contributed by atoms with Gasteiger partial charge in [-0.3, -0.25) is 0 Å². The molecule has 1 unspecified atom stereocenters. The second kappa shape index (κ2) is 5.43. The lowest BCUT2D eigenvalue weighted by Gasteiger charge is -2.11. The highest BCUT2D eigenvalue weighted by Crippen LogP contribution is 2.25. The minimum absolute atomic E-state index is 0.581. The lowest BCUT2D eigenvalue weighted by atomic mass is 10.1. The zero-order valence-corrected chi connectivity index (χ0v) is 11.7. The molecule has 1 nitrogen and oxygen atoms in total. The van der Waals surface area contributed by atoms with Crippen molar-refractivity contribution in [2.75, 3.05) is 6.54 Å². The number of hydrogen-bond donors (Lipinski definition) is 1. The lowest BCUT2D eigenvalue weighted by Crippen LogP contribution is -2.31. The molecule has 2 aromatic rings. The Labute approximate surface area is 117 Å². The normalized spacial score (nSPS) is 17.9. The van der Waals surface area contributed by atoms with Crippen molar-refractivity contribution in [1.29, 1.82) is 0 Å². The van der Waals surface area contributed by atoms with Gasteiger partial charge in [0.25, 0.3) is 0 Å². The summed E-state index contributed by atoms with van der Waals surface area (Å²) in [4.78, 5) is 0. The van der Waals surface area contributed by atoms with Gasteiger partial charge in [-0.05, 0) is 71.5 Å². The first-order chi connectivity index (χ1) is 8.81. The van der Waals surface area contributed by atoms with Gasteiger partial charge in [0.2, 0.25) is 0 Å². The molecule has 1 N–H and O–H groups in total. The first-order valence-electron chi connectivity index (χ1n) is 6.33. The van der Waals surface area contributed by atoms with E-state index in [4.69, 9.17) is 11.6 Å². The predicted molar refractivity (Wildman–Crippen MR) is 78.7 cm³/mol. The first kappa shape index (κ1) is 12.2. The average Bonchev–Trinajstić information content (AvgIpc) is 2.97. The Bertz CT molecular complexity index is 521. The fourth-order valence-corrected chi connectivity index (χ4v) is 3.48. The van der Waals surface area contributed by atoms with Crippen LogP contribution in [0.15, 0.2) is 35.0 Å². The molecule has 0 fully saturated rings. The lowest BCUT2D eigenvalue weighted by molar-refractivity contribution is 0.536. The van der Waals surface area contributed by atoms with E-state index in [9.17, 15) is 0 Å². The van der Waals surface area contributed by atoms with E-state index < -0.39 is 0 Å². The van der Waals surface area contributed by atoms with E-state index in [1.807, 2.05) is 6.07 Å². The van der Waals surface area contributed by atoms with Gasteiger partial charge in [-0.2, -0.15) is 11.3 Å². The van der Waals surface area contributed by atoms with Crippen LogP contribution in [0, 0.1) is 0 Å². The highest BCUT2D eigenvalue weighted by molar-refractivity contribution is 7.07. The molecule has 1 aliphatic carbocycles. The van der Waals surface area contributed by atoms with Gasteiger partial charge in [-0.25, -0.2) is 0 Å². The molecule has 1 aromatic carbocycles. The largest absolute Gasteiger partial charge is 0.313 e. The molecule has 18 heavy (non-hydrogen) atoms. The minimum Gasteiger partial charge on any atom is -0.313 e. The van der Waals surface area contributed by atoms with Crippen LogP contribution >= 0.6 is 22.9 Å². The maximum absolute atomic E-state index is 6.02. The Morgan fingerprint density at radius 3 is 2.94 bits per heavy atom. The first-order valence-corrected chi connectivity index (χ1v) is 7.65. The van der Waals surface area contributed by atoms with Crippen LogP contribution in [0.2, 0.25) is 5.02 Å². The molecule has 0 aliphatic heterocycles. The smallest absolute Gasteiger partial charge is 0.0408 e. The third-order valence-electron chi connectivity index (χ3n) is 3.53. The number of hydrogen-bond acceptors (Lipinski definition) is 2. The highest BCUT2D eigenvalue weighted by atomic mass is 35.5. The molecule has 3 heteroatoms. The van der Waals surface area contributed by atoms with Crippen LogP contribution in [-0.4, -0.2) is 12.6 Å². The van der Waals surface area contributed by atoms with E-state index >= 15 is 0 Å². The molecule has 94 valence electrons. The van der Waals surface area contributed by atoms with Gasteiger partial charge in [-0.15, -0.1) is 0 Å². The van der Waals surface area contributed by atoms with Crippen molar-refractivity contribution < 1.29 is 0 Å². The third kappa shape index (κ3) is 2.77. The number of rotatable bonds is 4. The molecule has 0 spiro atoms. The summed E-state index contributed by atoms with van der Waals surface area (Å²) in [5.74, 6) is 0. The predicted octanol–water partition coefficient (Wildman–Crippen LogP) is 3.70. The van der Waals surface area contributed by atoms with Crippen LogP contribution in [0.3, 0.4) is 0 Å². The van der Waals surface area contributed by atoms with Gasteiger partial charge >= 0.3 is 0 Å². The Hall–Kier alpha value is -0.830. The van der Waals surface area contributed by atoms with Crippen LogP contribution in [0.25, 0.3) is 0 Å². The molecule has 0 bridgehead atoms. The van der Waals surface area contributed by atoms with Crippen molar-refractivity contribution in [3.05, 3.63) is 56.7 Å². The second-order valence-corrected chi connectivity index (χ2v) is 6.07. The van der Waals surface area contributed by atoms with Crippen molar-refractivity contribution in [3.8, 4) is 0 Å². The van der Waals surface area contributed by atoms with Gasteiger partial charge in [0.1, 0.15) is 0 Å². The SMILES string of the molecule is Clc1ccc2c(c1)CC(NCCc1ccsc1)C2. The van der Waals surface area contributed by atoms with E-state index in [1.54, 1.807) is 11.3 Å². The van der Waals surface area contributed by atoms with Crippen molar-refractivity contribution in [1.82, 2.24) is 5.32 Å². The molecule has 0 amide bonds. The second-order valence-electron chi connectivity index (χ2n) is 4.85. The Kier molecular flexibility index (Phi) is 3.69. The third-order valence-corrected chi connectivity index (χ3v) is 4.49. The summed E-state index contributed by atoms with van der Waals surface area (Å²) < 4.78 is 0. The molecule has 0 saturated heterocycles. The maximum atomic E-state index is 6.02. The number of nitrogens with one attached hydrogen (secondary N) is 1. The number of fused-ring (bicyclic) bond motifs is 1. The molecular weight excluding hydrogens is 262 g/mol. The summed E-state index contributed by atoms with van der Waals surface area (Å²) in [5.41, 5.74) is 4.30. The molecule has 1 aromatic heterocycles. The van der Waals surface area contributed by atoms with Crippen LogP contribution in [-0.2, 0) is 19.3 Å². The van der Waals surface area contributed by atoms with Crippen LogP contribution in [0.5, 0.6) is 0 Å². The van der Waals surface area contributed by atoms with Crippen LogP contribution in [0.4, 0.5) is 0 Å². The summed E-state index contributed by atoms with van der Waals surface area (Å²) >= 11 is 7.79. The van der Waals surface area contributed by atoms with Gasteiger partial charge in [0, 0.05) is 11.1 Å². The molecule has 3 rings (SSSR count). The molecular formula is C15H16ClNS. The van der Waals surface area contributed by atoms with Crippen LogP contribution < -0.4 is 5.32 Å². The summed E-state index contributed by atoms with van der Waals surface area (Å²) in [7, 11) is 0.